The third-order valence-corrected chi connectivity index (χ3v) is 8.03. The molecule has 2 aromatic carbocycles. The molecule has 3 aromatic rings. The van der Waals surface area contributed by atoms with Gasteiger partial charge in [0.2, 0.25) is 0 Å². The topological polar surface area (TPSA) is 19.4 Å². The molecule has 178 valence electrons. The van der Waals surface area contributed by atoms with Gasteiger partial charge in [0, 0.05) is 23.0 Å². The Hall–Kier alpha value is -3.02. The molecule has 0 N–H and O–H groups in total. The van der Waals surface area contributed by atoms with Crippen LogP contribution < -0.4 is 9.80 Å². The summed E-state index contributed by atoms with van der Waals surface area (Å²) >= 11 is 0. The zero-order chi connectivity index (χ0) is 24.3. The van der Waals surface area contributed by atoms with E-state index in [0.29, 0.717) is 11.5 Å². The molecule has 0 fully saturated rings. The molecule has 0 bridgehead atoms. The summed E-state index contributed by atoms with van der Waals surface area (Å²) in [6.45, 7) is 8.70. The predicted molar refractivity (Wildman–Crippen MR) is 131 cm³/mol. The van der Waals surface area contributed by atoms with Gasteiger partial charge in [-0.15, -0.1) is 0 Å². The van der Waals surface area contributed by atoms with Gasteiger partial charge in [0.05, 0.1) is 11.3 Å². The molecule has 0 aliphatic carbocycles. The molecule has 1 aromatic heterocycles. The van der Waals surface area contributed by atoms with Crippen molar-refractivity contribution in [1.82, 2.24) is 4.98 Å². The number of para-hydroxylation sites is 2. The molecule has 0 saturated heterocycles. The van der Waals surface area contributed by atoms with Crippen LogP contribution in [0.5, 0.6) is 0 Å². The normalized spacial score (nSPS) is 20.7. The number of halogens is 3. The molecule has 5 rings (SSSR count). The lowest BCUT2D eigenvalue weighted by Crippen LogP contribution is -2.57. The third-order valence-electron chi connectivity index (χ3n) is 8.03. The number of anilines is 4. The summed E-state index contributed by atoms with van der Waals surface area (Å²) in [4.78, 5) is 8.81. The molecule has 0 radical (unpaired) electrons. The third kappa shape index (κ3) is 3.07. The lowest BCUT2D eigenvalue weighted by molar-refractivity contribution is -0.137. The standard InChI is InChI=1S/C28H30F3N3/c1-5-21-20-13-9-11-15-23(20)33-24-16-19(28(29,30)31)17-32-25(24)34(22-14-10-8-12-18(22)4)26(33)27(21,6-2)7-3/h8-17,21,26H,5-7H2,1-4H3. The summed E-state index contributed by atoms with van der Waals surface area (Å²) in [7, 11) is 0. The van der Waals surface area contributed by atoms with Crippen molar-refractivity contribution in [3.05, 3.63) is 77.5 Å². The summed E-state index contributed by atoms with van der Waals surface area (Å²) in [6, 6.07) is 17.6. The fourth-order valence-electron chi connectivity index (χ4n) is 6.41. The van der Waals surface area contributed by atoms with Crippen LogP contribution in [0, 0.1) is 12.3 Å². The highest BCUT2D eigenvalue weighted by atomic mass is 19.4. The first kappa shape index (κ1) is 22.8. The number of pyridine rings is 1. The second-order valence-corrected chi connectivity index (χ2v) is 9.42. The van der Waals surface area contributed by atoms with E-state index in [9.17, 15) is 13.2 Å². The Labute approximate surface area is 199 Å². The number of aromatic nitrogens is 1. The van der Waals surface area contributed by atoms with E-state index in [4.69, 9.17) is 0 Å². The molecule has 2 atom stereocenters. The van der Waals surface area contributed by atoms with Crippen molar-refractivity contribution >= 4 is 22.9 Å². The van der Waals surface area contributed by atoms with E-state index in [-0.39, 0.29) is 17.5 Å². The first-order valence-electron chi connectivity index (χ1n) is 12.1. The van der Waals surface area contributed by atoms with Crippen molar-refractivity contribution in [1.29, 1.82) is 0 Å². The van der Waals surface area contributed by atoms with Gasteiger partial charge in [-0.05, 0) is 61.4 Å². The monoisotopic (exact) mass is 465 g/mol. The number of aryl methyl sites for hydroxylation is 1. The maximum atomic E-state index is 13.8. The molecular weight excluding hydrogens is 435 g/mol. The van der Waals surface area contributed by atoms with Crippen LogP contribution in [0.3, 0.4) is 0 Å². The van der Waals surface area contributed by atoms with Gasteiger partial charge in [-0.1, -0.05) is 57.2 Å². The van der Waals surface area contributed by atoms with E-state index < -0.39 is 11.7 Å². The Morgan fingerprint density at radius 3 is 2.15 bits per heavy atom. The summed E-state index contributed by atoms with van der Waals surface area (Å²) < 4.78 is 41.4. The molecule has 34 heavy (non-hydrogen) atoms. The van der Waals surface area contributed by atoms with Gasteiger partial charge < -0.3 is 9.80 Å². The largest absolute Gasteiger partial charge is 0.417 e. The van der Waals surface area contributed by atoms with Gasteiger partial charge in [0.1, 0.15) is 6.17 Å². The van der Waals surface area contributed by atoms with Crippen LogP contribution in [0.15, 0.2) is 60.8 Å². The van der Waals surface area contributed by atoms with Crippen LogP contribution in [0.1, 0.15) is 62.6 Å². The number of hydrogen-bond acceptors (Lipinski definition) is 3. The molecule has 2 aliphatic rings. The number of nitrogens with zero attached hydrogens (tertiary/aromatic N) is 3. The van der Waals surface area contributed by atoms with Crippen molar-refractivity contribution < 1.29 is 13.2 Å². The van der Waals surface area contributed by atoms with Crippen LogP contribution in [-0.4, -0.2) is 11.1 Å². The molecule has 3 nitrogen and oxygen atoms in total. The molecular formula is C28H30F3N3. The smallest absolute Gasteiger partial charge is 0.316 e. The van der Waals surface area contributed by atoms with Crippen molar-refractivity contribution in [3.63, 3.8) is 0 Å². The first-order chi connectivity index (χ1) is 16.3. The van der Waals surface area contributed by atoms with Crippen molar-refractivity contribution in [2.45, 2.75) is 65.2 Å². The molecule has 0 saturated carbocycles. The van der Waals surface area contributed by atoms with Gasteiger partial charge in [-0.25, -0.2) is 4.98 Å². The minimum absolute atomic E-state index is 0.172. The van der Waals surface area contributed by atoms with E-state index in [2.05, 4.69) is 60.7 Å². The van der Waals surface area contributed by atoms with Crippen LogP contribution >= 0.6 is 0 Å². The van der Waals surface area contributed by atoms with Crippen LogP contribution in [0.2, 0.25) is 0 Å². The molecule has 3 heterocycles. The SMILES string of the molecule is CCC1c2ccccc2N2c3cc(C(F)(F)F)cnc3N(c3ccccc3C)C2C1(CC)CC. The summed E-state index contributed by atoms with van der Waals surface area (Å²) in [5.74, 6) is 0.869. The Bertz CT molecular complexity index is 1220. The zero-order valence-electron chi connectivity index (χ0n) is 20.0. The van der Waals surface area contributed by atoms with Crippen molar-refractivity contribution in [2.24, 2.45) is 5.41 Å². The van der Waals surface area contributed by atoms with E-state index in [1.54, 1.807) is 0 Å². The lowest BCUT2D eigenvalue weighted by Gasteiger charge is -2.55. The fraction of sp³-hybridized carbons (Fsp3) is 0.393. The minimum Gasteiger partial charge on any atom is -0.316 e. The number of rotatable bonds is 4. The Kier molecular flexibility index (Phi) is 5.38. The van der Waals surface area contributed by atoms with Crippen LogP contribution in [-0.2, 0) is 6.18 Å². The maximum Gasteiger partial charge on any atom is 0.417 e. The fourth-order valence-corrected chi connectivity index (χ4v) is 6.41. The van der Waals surface area contributed by atoms with Crippen LogP contribution in [0.4, 0.5) is 36.1 Å². The molecule has 2 aliphatic heterocycles. The summed E-state index contributed by atoms with van der Waals surface area (Å²) in [5.41, 5.74) is 3.88. The van der Waals surface area contributed by atoms with Gasteiger partial charge in [-0.2, -0.15) is 13.2 Å². The Balaban J connectivity index is 1.87. The molecule has 6 heteroatoms. The van der Waals surface area contributed by atoms with Gasteiger partial charge in [-0.3, -0.25) is 0 Å². The molecule has 0 spiro atoms. The predicted octanol–water partition coefficient (Wildman–Crippen LogP) is 8.34. The highest BCUT2D eigenvalue weighted by Crippen LogP contribution is 2.63. The molecule has 0 amide bonds. The number of benzene rings is 2. The summed E-state index contributed by atoms with van der Waals surface area (Å²) in [5, 5.41) is 0. The average molecular weight is 466 g/mol. The van der Waals surface area contributed by atoms with Crippen molar-refractivity contribution in [3.8, 4) is 0 Å². The van der Waals surface area contributed by atoms with Gasteiger partial charge >= 0.3 is 6.18 Å². The van der Waals surface area contributed by atoms with Crippen molar-refractivity contribution in [2.75, 3.05) is 9.80 Å². The van der Waals surface area contributed by atoms with Crippen LogP contribution in [0.25, 0.3) is 0 Å². The molecule has 2 unspecified atom stereocenters. The quantitative estimate of drug-likeness (QED) is 0.386. The number of alkyl halides is 3. The minimum atomic E-state index is -4.46. The first-order valence-corrected chi connectivity index (χ1v) is 12.1. The average Bonchev–Trinajstić information content (AvgIpc) is 3.18. The second-order valence-electron chi connectivity index (χ2n) is 9.42. The summed E-state index contributed by atoms with van der Waals surface area (Å²) in [6.07, 6.45) is -0.885. The van der Waals surface area contributed by atoms with E-state index in [1.807, 2.05) is 30.3 Å². The van der Waals surface area contributed by atoms with Gasteiger partial charge in [0.15, 0.2) is 5.82 Å². The van der Waals surface area contributed by atoms with E-state index in [1.165, 1.54) is 11.6 Å². The highest BCUT2D eigenvalue weighted by molar-refractivity contribution is 5.89. The highest BCUT2D eigenvalue weighted by Gasteiger charge is 2.57. The van der Waals surface area contributed by atoms with E-state index in [0.717, 1.165) is 42.4 Å². The second kappa shape index (κ2) is 8.03. The van der Waals surface area contributed by atoms with Gasteiger partial charge in [0.25, 0.3) is 0 Å². The van der Waals surface area contributed by atoms with E-state index >= 15 is 0 Å². The number of fused-ring (bicyclic) bond motifs is 5. The maximum absolute atomic E-state index is 13.8. The lowest BCUT2D eigenvalue weighted by atomic mass is 9.62. The number of hydrogen-bond donors (Lipinski definition) is 0. The Morgan fingerprint density at radius 1 is 0.882 bits per heavy atom. The zero-order valence-corrected chi connectivity index (χ0v) is 20.0. The Morgan fingerprint density at radius 2 is 1.53 bits per heavy atom.